The molecule has 1 heterocycles. The normalized spacial score (nSPS) is 9.71. The molecule has 7 nitrogen and oxygen atoms in total. The van der Waals surface area contributed by atoms with Crippen molar-refractivity contribution in [2.75, 3.05) is 13.1 Å². The molecule has 0 saturated carbocycles. The van der Waals surface area contributed by atoms with Gasteiger partial charge in [-0.1, -0.05) is 0 Å². The Balaban J connectivity index is 2.36. The molecule has 1 aromatic rings. The van der Waals surface area contributed by atoms with E-state index in [9.17, 15) is 14.4 Å². The number of hydrogen-bond acceptors (Lipinski definition) is 4. The maximum atomic E-state index is 11.5. The zero-order valence-electron chi connectivity index (χ0n) is 9.15. The van der Waals surface area contributed by atoms with Crippen molar-refractivity contribution in [3.05, 3.63) is 23.7 Å². The van der Waals surface area contributed by atoms with Gasteiger partial charge >= 0.3 is 5.97 Å². The maximum absolute atomic E-state index is 11.5. The first-order chi connectivity index (χ1) is 8.00. The molecule has 0 radical (unpaired) electrons. The number of furan rings is 1. The third-order valence-electron chi connectivity index (χ3n) is 1.91. The van der Waals surface area contributed by atoms with Crippen LogP contribution in [0, 0.1) is 6.92 Å². The molecule has 1 aromatic heterocycles. The Labute approximate surface area is 96.8 Å². The highest BCUT2D eigenvalue weighted by Gasteiger charge is 2.13. The summed E-state index contributed by atoms with van der Waals surface area (Å²) in [7, 11) is 0. The fraction of sp³-hybridized carbons (Fsp3) is 0.300. The van der Waals surface area contributed by atoms with Crippen molar-refractivity contribution in [3.8, 4) is 0 Å². The smallest absolute Gasteiger partial charge is 0.322 e. The molecular formula is C10H12N2O5. The Kier molecular flexibility index (Phi) is 4.27. The van der Waals surface area contributed by atoms with Crippen LogP contribution < -0.4 is 10.6 Å². The number of rotatable bonds is 5. The van der Waals surface area contributed by atoms with Crippen molar-refractivity contribution < 1.29 is 23.9 Å². The van der Waals surface area contributed by atoms with Crippen LogP contribution in [0.3, 0.4) is 0 Å². The first kappa shape index (κ1) is 12.8. The second-order valence-corrected chi connectivity index (χ2v) is 3.29. The van der Waals surface area contributed by atoms with E-state index in [1.807, 2.05) is 0 Å². The molecule has 0 aliphatic heterocycles. The van der Waals surface area contributed by atoms with E-state index in [4.69, 9.17) is 9.52 Å². The van der Waals surface area contributed by atoms with Crippen LogP contribution in [0.15, 0.2) is 16.7 Å². The molecule has 0 saturated heterocycles. The Morgan fingerprint density at radius 3 is 2.53 bits per heavy atom. The van der Waals surface area contributed by atoms with Crippen molar-refractivity contribution in [1.29, 1.82) is 0 Å². The number of hydrogen-bond donors (Lipinski definition) is 3. The highest BCUT2D eigenvalue weighted by Crippen LogP contribution is 2.07. The van der Waals surface area contributed by atoms with Gasteiger partial charge in [0.2, 0.25) is 5.91 Å². The maximum Gasteiger partial charge on any atom is 0.322 e. The average molecular weight is 240 g/mol. The van der Waals surface area contributed by atoms with E-state index in [1.54, 1.807) is 13.0 Å². The molecule has 0 aliphatic rings. The third-order valence-corrected chi connectivity index (χ3v) is 1.91. The van der Waals surface area contributed by atoms with Gasteiger partial charge in [-0.15, -0.1) is 0 Å². The van der Waals surface area contributed by atoms with Gasteiger partial charge in [0, 0.05) is 5.56 Å². The van der Waals surface area contributed by atoms with Gasteiger partial charge < -0.3 is 20.2 Å². The number of carboxylic acids is 1. The predicted molar refractivity (Wildman–Crippen MR) is 56.4 cm³/mol. The number of carboxylic acid groups (broad SMARTS) is 1. The molecule has 0 atom stereocenters. The van der Waals surface area contributed by atoms with E-state index in [1.165, 1.54) is 6.26 Å². The lowest BCUT2D eigenvalue weighted by molar-refractivity contribution is -0.137. The number of amides is 2. The van der Waals surface area contributed by atoms with Crippen LogP contribution >= 0.6 is 0 Å². The summed E-state index contributed by atoms with van der Waals surface area (Å²) >= 11 is 0. The van der Waals surface area contributed by atoms with Crippen molar-refractivity contribution >= 4 is 17.8 Å². The summed E-state index contributed by atoms with van der Waals surface area (Å²) in [5.41, 5.74) is 0.661. The molecular weight excluding hydrogens is 228 g/mol. The summed E-state index contributed by atoms with van der Waals surface area (Å²) in [5, 5.41) is 12.7. The zero-order chi connectivity index (χ0) is 12.8. The van der Waals surface area contributed by atoms with E-state index in [0.29, 0.717) is 5.56 Å². The molecule has 0 aromatic carbocycles. The van der Waals surface area contributed by atoms with Crippen molar-refractivity contribution in [3.63, 3.8) is 0 Å². The fourth-order valence-corrected chi connectivity index (χ4v) is 1.08. The Hall–Kier alpha value is -2.31. The molecule has 92 valence electrons. The van der Waals surface area contributed by atoms with Crippen LogP contribution in [0.4, 0.5) is 0 Å². The second-order valence-electron chi connectivity index (χ2n) is 3.29. The zero-order valence-corrected chi connectivity index (χ0v) is 9.15. The molecule has 0 aliphatic carbocycles. The highest BCUT2D eigenvalue weighted by atomic mass is 16.4. The molecule has 2 amide bonds. The quantitative estimate of drug-likeness (QED) is 0.644. The van der Waals surface area contributed by atoms with Crippen LogP contribution in [0.2, 0.25) is 0 Å². The molecule has 0 bridgehead atoms. The van der Waals surface area contributed by atoms with Gasteiger partial charge in [-0.3, -0.25) is 14.4 Å². The first-order valence-corrected chi connectivity index (χ1v) is 4.81. The number of carbonyl (C=O) groups excluding carboxylic acids is 2. The minimum absolute atomic E-state index is 0.135. The van der Waals surface area contributed by atoms with Gasteiger partial charge in [-0.2, -0.15) is 0 Å². The minimum Gasteiger partial charge on any atom is -0.480 e. The molecule has 0 fully saturated rings. The molecule has 1 rings (SSSR count). The van der Waals surface area contributed by atoms with E-state index in [-0.39, 0.29) is 12.3 Å². The predicted octanol–water partition coefficient (Wildman–Crippen LogP) is -0.481. The SMILES string of the molecule is Cc1ccoc1C(=O)NCC(=O)NCC(=O)O. The topological polar surface area (TPSA) is 109 Å². The van der Waals surface area contributed by atoms with Crippen LogP contribution in [0.5, 0.6) is 0 Å². The lowest BCUT2D eigenvalue weighted by atomic mass is 10.3. The van der Waals surface area contributed by atoms with E-state index < -0.39 is 24.3 Å². The van der Waals surface area contributed by atoms with Crippen molar-refractivity contribution in [1.82, 2.24) is 10.6 Å². The summed E-state index contributed by atoms with van der Waals surface area (Å²) in [4.78, 5) is 32.7. The largest absolute Gasteiger partial charge is 0.480 e. The molecule has 3 N–H and O–H groups in total. The molecule has 7 heteroatoms. The van der Waals surface area contributed by atoms with Gasteiger partial charge in [0.1, 0.15) is 6.54 Å². The Morgan fingerprint density at radius 1 is 1.29 bits per heavy atom. The first-order valence-electron chi connectivity index (χ1n) is 4.81. The van der Waals surface area contributed by atoms with Gasteiger partial charge in [-0.25, -0.2) is 0 Å². The van der Waals surface area contributed by atoms with Gasteiger partial charge in [-0.05, 0) is 13.0 Å². The summed E-state index contributed by atoms with van der Waals surface area (Å²) < 4.78 is 4.92. The fourth-order valence-electron chi connectivity index (χ4n) is 1.08. The Morgan fingerprint density at radius 2 is 2.00 bits per heavy atom. The standard InChI is InChI=1S/C10H12N2O5/c1-6-2-3-17-9(6)10(16)12-4-7(13)11-5-8(14)15/h2-3H,4-5H2,1H3,(H,11,13)(H,12,16)(H,14,15). The Bertz CT molecular complexity index is 438. The summed E-state index contributed by atoms with van der Waals surface area (Å²) in [6.07, 6.45) is 1.37. The van der Waals surface area contributed by atoms with E-state index in [2.05, 4.69) is 10.6 Å². The van der Waals surface area contributed by atoms with E-state index in [0.717, 1.165) is 0 Å². The molecule has 17 heavy (non-hydrogen) atoms. The molecule has 0 spiro atoms. The second kappa shape index (κ2) is 5.69. The monoisotopic (exact) mass is 240 g/mol. The number of nitrogens with one attached hydrogen (secondary N) is 2. The van der Waals surface area contributed by atoms with Crippen LogP contribution in [0.25, 0.3) is 0 Å². The summed E-state index contributed by atoms with van der Waals surface area (Å²) in [6, 6.07) is 1.62. The third kappa shape index (κ3) is 3.98. The summed E-state index contributed by atoms with van der Waals surface area (Å²) in [5.74, 6) is -2.11. The lowest BCUT2D eigenvalue weighted by Crippen LogP contribution is -2.39. The minimum atomic E-state index is -1.15. The number of aryl methyl sites for hydroxylation is 1. The van der Waals surface area contributed by atoms with Crippen LogP contribution in [-0.2, 0) is 9.59 Å². The van der Waals surface area contributed by atoms with E-state index >= 15 is 0 Å². The van der Waals surface area contributed by atoms with Crippen LogP contribution in [-0.4, -0.2) is 36.0 Å². The van der Waals surface area contributed by atoms with Gasteiger partial charge in [0.05, 0.1) is 12.8 Å². The molecule has 0 unspecified atom stereocenters. The van der Waals surface area contributed by atoms with Gasteiger partial charge in [0.15, 0.2) is 5.76 Å². The van der Waals surface area contributed by atoms with Crippen LogP contribution in [0.1, 0.15) is 16.1 Å². The van der Waals surface area contributed by atoms with Crippen molar-refractivity contribution in [2.24, 2.45) is 0 Å². The number of aliphatic carboxylic acids is 1. The van der Waals surface area contributed by atoms with Crippen molar-refractivity contribution in [2.45, 2.75) is 6.92 Å². The highest BCUT2D eigenvalue weighted by molar-refractivity contribution is 5.95. The van der Waals surface area contributed by atoms with Gasteiger partial charge in [0.25, 0.3) is 5.91 Å². The lowest BCUT2D eigenvalue weighted by Gasteiger charge is -2.04. The average Bonchev–Trinajstić information content (AvgIpc) is 2.69. The number of carbonyl (C=O) groups is 3. The summed E-state index contributed by atoms with van der Waals surface area (Å²) in [6.45, 7) is 0.920.